The van der Waals surface area contributed by atoms with Crippen LogP contribution < -0.4 is 5.73 Å². The molecule has 0 heterocycles. The lowest BCUT2D eigenvalue weighted by atomic mass is 10.1. The summed E-state index contributed by atoms with van der Waals surface area (Å²) in [5.41, 5.74) is 4.82. The molecule has 0 aromatic heterocycles. The number of ether oxygens (including phenoxy) is 1. The number of methoxy groups -OCH3 is 1. The molecule has 0 radical (unpaired) electrons. The molecule has 0 saturated carbocycles. The van der Waals surface area contributed by atoms with E-state index in [9.17, 15) is 18.0 Å². The van der Waals surface area contributed by atoms with Crippen LogP contribution in [0.25, 0.3) is 0 Å². The smallest absolute Gasteiger partial charge is 0.327 e. The second kappa shape index (κ2) is 4.31. The van der Waals surface area contributed by atoms with Crippen LogP contribution in [0.3, 0.4) is 0 Å². The summed E-state index contributed by atoms with van der Waals surface area (Å²) in [6, 6.07) is 0.122. The minimum absolute atomic E-state index is 0.444. The van der Waals surface area contributed by atoms with Crippen LogP contribution in [0.4, 0.5) is 13.2 Å². The van der Waals surface area contributed by atoms with E-state index in [1.165, 1.54) is 0 Å². The van der Waals surface area contributed by atoms with Crippen LogP contribution in [0.15, 0.2) is 12.1 Å². The highest BCUT2D eigenvalue weighted by atomic mass is 19.2. The largest absolute Gasteiger partial charge is 0.468 e. The molecule has 0 aliphatic rings. The van der Waals surface area contributed by atoms with Gasteiger partial charge in [-0.05, 0) is 6.07 Å². The molecule has 1 aromatic rings. The quantitative estimate of drug-likeness (QED) is 0.602. The minimum Gasteiger partial charge on any atom is -0.468 e. The molecular weight excluding hydrogens is 211 g/mol. The number of hydrogen-bond acceptors (Lipinski definition) is 3. The van der Waals surface area contributed by atoms with E-state index < -0.39 is 35.0 Å². The molecule has 0 saturated heterocycles. The third-order valence-corrected chi connectivity index (χ3v) is 1.86. The van der Waals surface area contributed by atoms with Crippen molar-refractivity contribution in [3.8, 4) is 0 Å². The van der Waals surface area contributed by atoms with E-state index in [1.807, 2.05) is 0 Å². The number of rotatable bonds is 2. The van der Waals surface area contributed by atoms with E-state index in [-0.39, 0.29) is 0 Å². The van der Waals surface area contributed by atoms with Crippen molar-refractivity contribution in [1.82, 2.24) is 0 Å². The zero-order valence-corrected chi connectivity index (χ0v) is 7.76. The van der Waals surface area contributed by atoms with E-state index in [4.69, 9.17) is 5.73 Å². The van der Waals surface area contributed by atoms with Gasteiger partial charge in [-0.25, -0.2) is 13.2 Å². The van der Waals surface area contributed by atoms with E-state index in [0.717, 1.165) is 13.2 Å². The van der Waals surface area contributed by atoms with Gasteiger partial charge in [-0.2, -0.15) is 0 Å². The van der Waals surface area contributed by atoms with Crippen molar-refractivity contribution in [3.63, 3.8) is 0 Å². The number of hydrogen-bond donors (Lipinski definition) is 1. The van der Waals surface area contributed by atoms with Gasteiger partial charge >= 0.3 is 5.97 Å². The Kier molecular flexibility index (Phi) is 3.31. The Morgan fingerprint density at radius 1 is 1.33 bits per heavy atom. The van der Waals surface area contributed by atoms with Gasteiger partial charge in [0.1, 0.15) is 6.04 Å². The number of carbonyl (C=O) groups excluding carboxylic acids is 1. The molecule has 0 fully saturated rings. The summed E-state index contributed by atoms with van der Waals surface area (Å²) in [7, 11) is 1.06. The van der Waals surface area contributed by atoms with Crippen LogP contribution in [0.5, 0.6) is 0 Å². The zero-order valence-electron chi connectivity index (χ0n) is 7.76. The summed E-state index contributed by atoms with van der Waals surface area (Å²) in [6.07, 6.45) is 0. The van der Waals surface area contributed by atoms with Gasteiger partial charge in [-0.15, -0.1) is 0 Å². The van der Waals surface area contributed by atoms with Gasteiger partial charge in [0.2, 0.25) is 0 Å². The Morgan fingerprint density at radius 2 is 1.93 bits per heavy atom. The third kappa shape index (κ3) is 2.10. The molecule has 2 N–H and O–H groups in total. The molecule has 6 heteroatoms. The highest BCUT2D eigenvalue weighted by Crippen LogP contribution is 2.20. The SMILES string of the molecule is COC(=O)[C@H](N)c1ccc(F)c(F)c1F. The summed E-state index contributed by atoms with van der Waals surface area (Å²) in [5, 5.41) is 0. The summed E-state index contributed by atoms with van der Waals surface area (Å²) in [5.74, 6) is -5.41. The van der Waals surface area contributed by atoms with Crippen molar-refractivity contribution in [1.29, 1.82) is 0 Å². The van der Waals surface area contributed by atoms with Gasteiger partial charge in [0.15, 0.2) is 17.5 Å². The van der Waals surface area contributed by atoms with Crippen LogP contribution in [0.2, 0.25) is 0 Å². The molecule has 1 aromatic carbocycles. The number of nitrogens with two attached hydrogens (primary N) is 1. The monoisotopic (exact) mass is 219 g/mol. The maximum absolute atomic E-state index is 13.1. The average Bonchev–Trinajstić information content (AvgIpc) is 2.24. The summed E-state index contributed by atoms with van der Waals surface area (Å²) < 4.78 is 42.6. The van der Waals surface area contributed by atoms with Crippen LogP contribution in [-0.2, 0) is 9.53 Å². The Labute approximate surface area is 83.6 Å². The fourth-order valence-corrected chi connectivity index (χ4v) is 1.03. The maximum Gasteiger partial charge on any atom is 0.327 e. The van der Waals surface area contributed by atoms with Crippen molar-refractivity contribution in [2.24, 2.45) is 5.73 Å². The lowest BCUT2D eigenvalue weighted by Gasteiger charge is -2.10. The fraction of sp³-hybridized carbons (Fsp3) is 0.222. The highest BCUT2D eigenvalue weighted by molar-refractivity contribution is 5.77. The molecule has 1 atom stereocenters. The van der Waals surface area contributed by atoms with Crippen molar-refractivity contribution in [2.45, 2.75) is 6.04 Å². The van der Waals surface area contributed by atoms with Gasteiger partial charge in [-0.1, -0.05) is 6.07 Å². The van der Waals surface area contributed by atoms with Crippen molar-refractivity contribution in [2.75, 3.05) is 7.11 Å². The first-order valence-electron chi connectivity index (χ1n) is 3.95. The Hall–Kier alpha value is -1.56. The molecule has 0 aliphatic carbocycles. The first kappa shape index (κ1) is 11.5. The van der Waals surface area contributed by atoms with Gasteiger partial charge < -0.3 is 10.5 Å². The third-order valence-electron chi connectivity index (χ3n) is 1.86. The van der Waals surface area contributed by atoms with Crippen LogP contribution in [0.1, 0.15) is 11.6 Å². The predicted molar refractivity (Wildman–Crippen MR) is 45.3 cm³/mol. The number of benzene rings is 1. The highest BCUT2D eigenvalue weighted by Gasteiger charge is 2.23. The van der Waals surface area contributed by atoms with Gasteiger partial charge in [0, 0.05) is 5.56 Å². The normalized spacial score (nSPS) is 12.3. The zero-order chi connectivity index (χ0) is 11.6. The van der Waals surface area contributed by atoms with Gasteiger partial charge in [0.05, 0.1) is 7.11 Å². The van der Waals surface area contributed by atoms with Gasteiger partial charge in [-0.3, -0.25) is 4.79 Å². The first-order chi connectivity index (χ1) is 6.99. The molecule has 0 spiro atoms. The summed E-state index contributed by atoms with van der Waals surface area (Å²) in [6.45, 7) is 0. The molecule has 3 nitrogen and oxygen atoms in total. The van der Waals surface area contributed by atoms with Crippen molar-refractivity contribution < 1.29 is 22.7 Å². The van der Waals surface area contributed by atoms with E-state index in [0.29, 0.717) is 6.07 Å². The predicted octanol–water partition coefficient (Wildman–Crippen LogP) is 1.28. The molecule has 0 unspecified atom stereocenters. The van der Waals surface area contributed by atoms with Crippen LogP contribution in [0, 0.1) is 17.5 Å². The number of halogens is 3. The van der Waals surface area contributed by atoms with Crippen LogP contribution >= 0.6 is 0 Å². The molecule has 0 aliphatic heterocycles. The summed E-state index contributed by atoms with van der Waals surface area (Å²) in [4.78, 5) is 10.9. The summed E-state index contributed by atoms with van der Waals surface area (Å²) >= 11 is 0. The van der Waals surface area contributed by atoms with Crippen molar-refractivity contribution in [3.05, 3.63) is 35.1 Å². The number of carbonyl (C=O) groups is 1. The second-order valence-electron chi connectivity index (χ2n) is 2.77. The first-order valence-corrected chi connectivity index (χ1v) is 3.95. The lowest BCUT2D eigenvalue weighted by molar-refractivity contribution is -0.142. The molecule has 15 heavy (non-hydrogen) atoms. The van der Waals surface area contributed by atoms with E-state index in [1.54, 1.807) is 0 Å². The Balaban J connectivity index is 3.16. The van der Waals surface area contributed by atoms with E-state index >= 15 is 0 Å². The van der Waals surface area contributed by atoms with E-state index in [2.05, 4.69) is 4.74 Å². The molecule has 82 valence electrons. The molecule has 0 bridgehead atoms. The minimum atomic E-state index is -1.66. The average molecular weight is 219 g/mol. The van der Waals surface area contributed by atoms with Crippen LogP contribution in [-0.4, -0.2) is 13.1 Å². The maximum atomic E-state index is 13.1. The van der Waals surface area contributed by atoms with Gasteiger partial charge in [0.25, 0.3) is 0 Å². The van der Waals surface area contributed by atoms with Crippen molar-refractivity contribution >= 4 is 5.97 Å². The Bertz CT molecular complexity index is 395. The lowest BCUT2D eigenvalue weighted by Crippen LogP contribution is -2.24. The Morgan fingerprint density at radius 3 is 2.47 bits per heavy atom. The molecule has 0 amide bonds. The topological polar surface area (TPSA) is 52.3 Å². The molecule has 1 rings (SSSR count). The fourth-order valence-electron chi connectivity index (χ4n) is 1.03. The number of esters is 1. The second-order valence-corrected chi connectivity index (χ2v) is 2.77. The molecular formula is C9H8F3NO2. The standard InChI is InChI=1S/C9H8F3NO2/c1-15-9(14)8(13)4-2-3-5(10)7(12)6(4)11/h2-3,8H,13H2,1H3/t8-/m1/s1.